The summed E-state index contributed by atoms with van der Waals surface area (Å²) < 4.78 is 34.3. The SMILES string of the molecule is CCCCC/C=C\C/C=C\CCCCCCCCCCOCC(COP(=O)(O)OC1C(O)C(O)C(O)C(O)C1O)OC(=O)CCCCCCCCCCC/C=C\CCCCCCCCCC. The molecule has 1 fully saturated rings. The number of phosphoric acid groups is 1. The predicted octanol–water partition coefficient (Wildman–Crippen LogP) is 12.2. The zero-order valence-corrected chi connectivity index (χ0v) is 42.6. The molecule has 0 aromatic rings. The van der Waals surface area contributed by atoms with Gasteiger partial charge < -0.3 is 39.9 Å². The van der Waals surface area contributed by atoms with Gasteiger partial charge in [0.15, 0.2) is 0 Å². The molecule has 6 N–H and O–H groups in total. The number of allylic oxidation sites excluding steroid dienone is 6. The first-order chi connectivity index (χ1) is 32.0. The van der Waals surface area contributed by atoms with Gasteiger partial charge in [-0.25, -0.2) is 4.57 Å². The van der Waals surface area contributed by atoms with Crippen LogP contribution >= 0.6 is 7.82 Å². The van der Waals surface area contributed by atoms with Gasteiger partial charge in [-0.3, -0.25) is 13.8 Å². The van der Waals surface area contributed by atoms with E-state index in [1.165, 1.54) is 148 Å². The highest BCUT2D eigenvalue weighted by Crippen LogP contribution is 2.47. The Kier molecular flexibility index (Phi) is 41.3. The van der Waals surface area contributed by atoms with Crippen molar-refractivity contribution in [2.24, 2.45) is 0 Å². The van der Waals surface area contributed by atoms with Crippen LogP contribution in [0, 0.1) is 0 Å². The molecule has 6 atom stereocenters. The van der Waals surface area contributed by atoms with Crippen molar-refractivity contribution in [3.63, 3.8) is 0 Å². The molecule has 0 aromatic heterocycles. The van der Waals surface area contributed by atoms with Gasteiger partial charge in [-0.2, -0.15) is 0 Å². The van der Waals surface area contributed by atoms with Crippen LogP contribution in [-0.2, 0) is 27.9 Å². The third kappa shape index (κ3) is 34.8. The molecule has 0 amide bonds. The van der Waals surface area contributed by atoms with Crippen LogP contribution in [0.3, 0.4) is 0 Å². The number of aliphatic hydroxyl groups excluding tert-OH is 5. The number of carbonyl (C=O) groups is 1. The molecule has 13 heteroatoms. The van der Waals surface area contributed by atoms with Crippen molar-refractivity contribution in [3.05, 3.63) is 36.5 Å². The molecule has 12 nitrogen and oxygen atoms in total. The average molecular weight is 959 g/mol. The maximum atomic E-state index is 12.9. The molecule has 1 saturated carbocycles. The van der Waals surface area contributed by atoms with Gasteiger partial charge in [0, 0.05) is 13.0 Å². The number of unbranched alkanes of at least 4 members (excludes halogenated alkanes) is 28. The Bertz CT molecular complexity index is 1230. The maximum absolute atomic E-state index is 12.9. The Morgan fingerprint density at radius 1 is 0.485 bits per heavy atom. The Labute approximate surface area is 402 Å². The van der Waals surface area contributed by atoms with E-state index in [1.54, 1.807) is 0 Å². The summed E-state index contributed by atoms with van der Waals surface area (Å²) >= 11 is 0. The lowest BCUT2D eigenvalue weighted by molar-refractivity contribution is -0.220. The van der Waals surface area contributed by atoms with Gasteiger partial charge in [0.25, 0.3) is 0 Å². The van der Waals surface area contributed by atoms with Crippen molar-refractivity contribution in [1.82, 2.24) is 0 Å². The Morgan fingerprint density at radius 2 is 0.848 bits per heavy atom. The van der Waals surface area contributed by atoms with E-state index in [0.717, 1.165) is 57.8 Å². The molecule has 0 aliphatic heterocycles. The second kappa shape index (κ2) is 43.6. The van der Waals surface area contributed by atoms with Crippen LogP contribution in [-0.4, -0.2) is 98.9 Å². The normalized spacial score (nSPS) is 21.6. The monoisotopic (exact) mass is 959 g/mol. The number of hydrogen-bond donors (Lipinski definition) is 6. The Hall–Kier alpha value is -1.44. The number of aliphatic hydroxyl groups is 5. The first-order valence-corrected chi connectivity index (χ1v) is 28.3. The van der Waals surface area contributed by atoms with Gasteiger partial charge in [0.1, 0.15) is 42.7 Å². The maximum Gasteiger partial charge on any atom is 0.472 e. The first-order valence-electron chi connectivity index (χ1n) is 26.8. The fourth-order valence-electron chi connectivity index (χ4n) is 8.21. The molecular weight excluding hydrogens is 860 g/mol. The van der Waals surface area contributed by atoms with E-state index in [0.29, 0.717) is 13.0 Å². The van der Waals surface area contributed by atoms with Crippen molar-refractivity contribution in [1.29, 1.82) is 0 Å². The third-order valence-corrected chi connectivity index (χ3v) is 13.5. The van der Waals surface area contributed by atoms with Crippen LogP contribution in [0.25, 0.3) is 0 Å². The molecule has 66 heavy (non-hydrogen) atoms. The standard InChI is InChI=1S/C53H99O12P/c1-3-5-7-9-11-13-15-17-19-21-23-24-25-26-28-30-32-34-36-38-40-42-47(54)64-46(45-63-66(60,61)65-53-51(58)49(56)48(55)50(57)52(53)59)44-62-43-41-39-37-35-33-31-29-27-22-20-18-16-14-12-10-8-6-4-2/h12,14,18,20-21,23,46,48-53,55-59H,3-11,13,15-17,19,22,24-45H2,1-2H3,(H,60,61)/b14-12-,20-18-,23-21-. The highest BCUT2D eigenvalue weighted by Gasteiger charge is 2.51. The molecular formula is C53H99O12P. The lowest BCUT2D eigenvalue weighted by atomic mass is 9.85. The predicted molar refractivity (Wildman–Crippen MR) is 267 cm³/mol. The second-order valence-corrected chi connectivity index (χ2v) is 20.1. The Balaban J connectivity index is 2.32. The van der Waals surface area contributed by atoms with Gasteiger partial charge in [0.05, 0.1) is 13.2 Å². The van der Waals surface area contributed by atoms with Crippen molar-refractivity contribution in [3.8, 4) is 0 Å². The summed E-state index contributed by atoms with van der Waals surface area (Å²) in [4.78, 5) is 23.3. The van der Waals surface area contributed by atoms with E-state index in [2.05, 4.69) is 50.3 Å². The molecule has 388 valence electrons. The van der Waals surface area contributed by atoms with Gasteiger partial charge >= 0.3 is 13.8 Å². The first kappa shape index (κ1) is 62.6. The lowest BCUT2D eigenvalue weighted by Gasteiger charge is -2.41. The minimum Gasteiger partial charge on any atom is -0.457 e. The van der Waals surface area contributed by atoms with Crippen LogP contribution in [0.2, 0.25) is 0 Å². The van der Waals surface area contributed by atoms with Gasteiger partial charge in [-0.15, -0.1) is 0 Å². The smallest absolute Gasteiger partial charge is 0.457 e. The number of ether oxygens (including phenoxy) is 2. The highest BCUT2D eigenvalue weighted by atomic mass is 31.2. The molecule has 6 unspecified atom stereocenters. The molecule has 0 radical (unpaired) electrons. The molecule has 1 aliphatic carbocycles. The fraction of sp³-hybridized carbons (Fsp3) is 0.868. The minimum atomic E-state index is -5.02. The van der Waals surface area contributed by atoms with Crippen LogP contribution in [0.5, 0.6) is 0 Å². The number of phosphoric ester groups is 1. The van der Waals surface area contributed by atoms with Crippen molar-refractivity contribution >= 4 is 13.8 Å². The van der Waals surface area contributed by atoms with Crippen molar-refractivity contribution < 1.29 is 58.3 Å². The molecule has 0 heterocycles. The number of esters is 1. The Morgan fingerprint density at radius 3 is 1.32 bits per heavy atom. The van der Waals surface area contributed by atoms with Crippen molar-refractivity contribution in [2.45, 2.75) is 275 Å². The second-order valence-electron chi connectivity index (χ2n) is 18.7. The summed E-state index contributed by atoms with van der Waals surface area (Å²) in [5.74, 6) is -0.479. The summed E-state index contributed by atoms with van der Waals surface area (Å²) in [7, 11) is -5.02. The van der Waals surface area contributed by atoms with Crippen molar-refractivity contribution in [2.75, 3.05) is 19.8 Å². The summed E-state index contributed by atoms with van der Waals surface area (Å²) in [5.41, 5.74) is 0. The molecule has 0 aromatic carbocycles. The van der Waals surface area contributed by atoms with Gasteiger partial charge in [-0.05, 0) is 70.6 Å². The topological polar surface area (TPSA) is 192 Å². The van der Waals surface area contributed by atoms with Crippen LogP contribution < -0.4 is 0 Å². The summed E-state index contributed by atoms with van der Waals surface area (Å²) in [5, 5.41) is 50.3. The fourth-order valence-corrected chi connectivity index (χ4v) is 9.18. The van der Waals surface area contributed by atoms with E-state index in [1.807, 2.05) is 0 Å². The summed E-state index contributed by atoms with van der Waals surface area (Å²) in [6, 6.07) is 0. The van der Waals surface area contributed by atoms with E-state index >= 15 is 0 Å². The van der Waals surface area contributed by atoms with E-state index in [4.69, 9.17) is 18.5 Å². The van der Waals surface area contributed by atoms with Crippen LogP contribution in [0.4, 0.5) is 0 Å². The van der Waals surface area contributed by atoms with Gasteiger partial charge in [0.2, 0.25) is 0 Å². The molecule has 0 bridgehead atoms. The molecule has 1 aliphatic rings. The summed E-state index contributed by atoms with van der Waals surface area (Å²) in [6.07, 6.45) is 40.6. The van der Waals surface area contributed by atoms with Crippen LogP contribution in [0.1, 0.15) is 232 Å². The minimum absolute atomic E-state index is 0.0800. The number of hydrogen-bond acceptors (Lipinski definition) is 11. The van der Waals surface area contributed by atoms with Gasteiger partial charge in [-0.1, -0.05) is 192 Å². The van der Waals surface area contributed by atoms with E-state index in [9.17, 15) is 39.8 Å². The zero-order chi connectivity index (χ0) is 48.4. The molecule has 0 spiro atoms. The molecule has 0 saturated heterocycles. The third-order valence-electron chi connectivity index (χ3n) is 12.5. The highest BCUT2D eigenvalue weighted by molar-refractivity contribution is 7.47. The summed E-state index contributed by atoms with van der Waals surface area (Å²) in [6.45, 7) is 4.25. The van der Waals surface area contributed by atoms with E-state index in [-0.39, 0.29) is 13.0 Å². The average Bonchev–Trinajstić information content (AvgIpc) is 3.30. The quantitative estimate of drug-likeness (QED) is 0.0147. The van der Waals surface area contributed by atoms with Crippen LogP contribution in [0.15, 0.2) is 36.5 Å². The number of carbonyl (C=O) groups excluding carboxylic acids is 1. The number of rotatable bonds is 46. The largest absolute Gasteiger partial charge is 0.472 e. The zero-order valence-electron chi connectivity index (χ0n) is 41.7. The van der Waals surface area contributed by atoms with E-state index < -0.39 is 63.1 Å². The molecule has 1 rings (SSSR count). The lowest BCUT2D eigenvalue weighted by Crippen LogP contribution is -2.64.